The summed E-state index contributed by atoms with van der Waals surface area (Å²) in [6.45, 7) is 17.0. The van der Waals surface area contributed by atoms with E-state index in [1.165, 1.54) is 0 Å². The van der Waals surface area contributed by atoms with Gasteiger partial charge in [0.05, 0.1) is 0 Å². The van der Waals surface area contributed by atoms with Gasteiger partial charge in [-0.1, -0.05) is 33.9 Å². The first-order valence-electron chi connectivity index (χ1n) is 5.81. The summed E-state index contributed by atoms with van der Waals surface area (Å²) in [5.41, 5.74) is 8.34. The highest BCUT2D eigenvalue weighted by molar-refractivity contribution is 5.37. The van der Waals surface area contributed by atoms with Crippen molar-refractivity contribution in [2.24, 2.45) is 11.7 Å². The quantitative estimate of drug-likeness (QED) is 0.727. The van der Waals surface area contributed by atoms with E-state index in [1.54, 1.807) is 0 Å². The Bertz CT molecular complexity index is 245. The van der Waals surface area contributed by atoms with Crippen molar-refractivity contribution < 1.29 is 0 Å². The molecular formula is C14H28N2. The molecule has 0 aromatic heterocycles. The first kappa shape index (κ1) is 17.4. The fraction of sp³-hybridized carbons (Fsp3) is 0.571. The Kier molecular flexibility index (Phi) is 10.0. The zero-order valence-corrected chi connectivity index (χ0v) is 11.8. The highest BCUT2D eigenvalue weighted by Gasteiger charge is 2.09. The molecule has 2 N–H and O–H groups in total. The third-order valence-corrected chi connectivity index (χ3v) is 2.05. The lowest BCUT2D eigenvalue weighted by atomic mass is 9.95. The van der Waals surface area contributed by atoms with Crippen LogP contribution in [0.3, 0.4) is 0 Å². The van der Waals surface area contributed by atoms with Crippen LogP contribution in [0.4, 0.5) is 0 Å². The van der Waals surface area contributed by atoms with Gasteiger partial charge < -0.3 is 10.6 Å². The Morgan fingerprint density at radius 1 is 1.31 bits per heavy atom. The molecule has 0 spiro atoms. The summed E-state index contributed by atoms with van der Waals surface area (Å²) in [7, 11) is 4.10. The number of hydrogen-bond donors (Lipinski definition) is 1. The average Bonchev–Trinajstić information content (AvgIpc) is 2.17. The van der Waals surface area contributed by atoms with Gasteiger partial charge in [0.15, 0.2) is 0 Å². The smallest absolute Gasteiger partial charge is 0.00547 e. The van der Waals surface area contributed by atoms with Crippen LogP contribution in [0.2, 0.25) is 0 Å². The summed E-state index contributed by atoms with van der Waals surface area (Å²) in [6, 6.07) is 0. The maximum atomic E-state index is 5.58. The fourth-order valence-corrected chi connectivity index (χ4v) is 1.34. The lowest BCUT2D eigenvalue weighted by Crippen LogP contribution is -2.21. The van der Waals surface area contributed by atoms with Gasteiger partial charge in [-0.3, -0.25) is 0 Å². The standard InChI is InChI=1S/C12H22N2.C2H6/c1-9(7-11(3)13)12(4)10(2)8-14(5)6;1-2/h7,10H,1,4,8,13H2,2-3,5-6H3;1-2H3/b11-7+;. The Balaban J connectivity index is 0. The number of rotatable bonds is 5. The van der Waals surface area contributed by atoms with Gasteiger partial charge in [-0.15, -0.1) is 0 Å². The van der Waals surface area contributed by atoms with E-state index in [4.69, 9.17) is 5.73 Å². The third kappa shape index (κ3) is 8.30. The lowest BCUT2D eigenvalue weighted by Gasteiger charge is -2.19. The second kappa shape index (κ2) is 9.22. The van der Waals surface area contributed by atoms with Gasteiger partial charge in [-0.2, -0.15) is 0 Å². The van der Waals surface area contributed by atoms with Crippen LogP contribution < -0.4 is 5.73 Å². The van der Waals surface area contributed by atoms with E-state index >= 15 is 0 Å². The van der Waals surface area contributed by atoms with Crippen LogP contribution >= 0.6 is 0 Å². The molecule has 0 rings (SSSR count). The van der Waals surface area contributed by atoms with Gasteiger partial charge in [-0.05, 0) is 44.2 Å². The molecule has 1 atom stereocenters. The minimum atomic E-state index is 0.410. The molecule has 2 nitrogen and oxygen atoms in total. The van der Waals surface area contributed by atoms with Crippen molar-refractivity contribution in [3.05, 3.63) is 36.1 Å². The third-order valence-electron chi connectivity index (χ3n) is 2.05. The number of nitrogens with zero attached hydrogens (tertiary/aromatic N) is 1. The van der Waals surface area contributed by atoms with Gasteiger partial charge in [0.2, 0.25) is 0 Å². The highest BCUT2D eigenvalue weighted by Crippen LogP contribution is 2.18. The molecule has 94 valence electrons. The van der Waals surface area contributed by atoms with Crippen LogP contribution in [0, 0.1) is 5.92 Å². The van der Waals surface area contributed by atoms with Gasteiger partial charge in [-0.25, -0.2) is 0 Å². The van der Waals surface area contributed by atoms with Crippen molar-refractivity contribution >= 4 is 0 Å². The molecule has 16 heavy (non-hydrogen) atoms. The lowest BCUT2D eigenvalue weighted by molar-refractivity contribution is 0.365. The van der Waals surface area contributed by atoms with Gasteiger partial charge in [0.1, 0.15) is 0 Å². The van der Waals surface area contributed by atoms with Crippen molar-refractivity contribution in [3.8, 4) is 0 Å². The summed E-state index contributed by atoms with van der Waals surface area (Å²) < 4.78 is 0. The van der Waals surface area contributed by atoms with Crippen LogP contribution in [0.1, 0.15) is 27.7 Å². The van der Waals surface area contributed by atoms with Crippen molar-refractivity contribution in [1.29, 1.82) is 0 Å². The molecule has 0 aliphatic rings. The molecule has 0 bridgehead atoms. The topological polar surface area (TPSA) is 29.3 Å². The summed E-state index contributed by atoms with van der Waals surface area (Å²) in [5, 5.41) is 0. The first-order valence-corrected chi connectivity index (χ1v) is 5.81. The van der Waals surface area contributed by atoms with Crippen molar-refractivity contribution in [2.75, 3.05) is 20.6 Å². The van der Waals surface area contributed by atoms with Gasteiger partial charge >= 0.3 is 0 Å². The van der Waals surface area contributed by atoms with Gasteiger partial charge in [0.25, 0.3) is 0 Å². The van der Waals surface area contributed by atoms with E-state index in [0.717, 1.165) is 23.4 Å². The highest BCUT2D eigenvalue weighted by atomic mass is 15.1. The molecule has 0 saturated heterocycles. The zero-order valence-electron chi connectivity index (χ0n) is 11.8. The summed E-state index contributed by atoms with van der Waals surface area (Å²) in [4.78, 5) is 2.14. The number of allylic oxidation sites excluding steroid dienone is 3. The molecule has 0 amide bonds. The SMILES string of the molecule is C=C(/C=C(\C)N)C(=C)C(C)CN(C)C.CC. The van der Waals surface area contributed by atoms with E-state index in [2.05, 4.69) is 39.1 Å². The van der Waals surface area contributed by atoms with E-state index in [9.17, 15) is 0 Å². The predicted molar refractivity (Wildman–Crippen MR) is 75.3 cm³/mol. The minimum absolute atomic E-state index is 0.410. The molecule has 0 aliphatic heterocycles. The Labute approximate surface area is 102 Å². The van der Waals surface area contributed by atoms with Gasteiger partial charge in [0, 0.05) is 12.2 Å². The van der Waals surface area contributed by atoms with Crippen LogP contribution in [-0.4, -0.2) is 25.5 Å². The molecule has 0 heterocycles. The van der Waals surface area contributed by atoms with Crippen LogP contribution in [-0.2, 0) is 0 Å². The Hall–Kier alpha value is -1.02. The largest absolute Gasteiger partial charge is 0.402 e. The van der Waals surface area contributed by atoms with E-state index in [1.807, 2.05) is 26.8 Å². The molecule has 1 unspecified atom stereocenters. The minimum Gasteiger partial charge on any atom is -0.402 e. The summed E-state index contributed by atoms with van der Waals surface area (Å²) in [6.07, 6.45) is 1.87. The molecule has 0 aliphatic carbocycles. The van der Waals surface area contributed by atoms with Crippen LogP contribution in [0.15, 0.2) is 36.1 Å². The maximum Gasteiger partial charge on any atom is 0.00547 e. The molecule has 0 fully saturated rings. The van der Waals surface area contributed by atoms with Crippen LogP contribution in [0.25, 0.3) is 0 Å². The van der Waals surface area contributed by atoms with Crippen molar-refractivity contribution in [2.45, 2.75) is 27.7 Å². The van der Waals surface area contributed by atoms with Crippen molar-refractivity contribution in [1.82, 2.24) is 4.90 Å². The number of hydrogen-bond acceptors (Lipinski definition) is 2. The van der Waals surface area contributed by atoms with E-state index in [0.29, 0.717) is 5.92 Å². The first-order chi connectivity index (χ1) is 7.34. The fourth-order valence-electron chi connectivity index (χ4n) is 1.34. The van der Waals surface area contributed by atoms with E-state index < -0.39 is 0 Å². The maximum absolute atomic E-state index is 5.58. The molecule has 0 radical (unpaired) electrons. The summed E-state index contributed by atoms with van der Waals surface area (Å²) in [5.74, 6) is 0.410. The van der Waals surface area contributed by atoms with E-state index in [-0.39, 0.29) is 0 Å². The monoisotopic (exact) mass is 224 g/mol. The predicted octanol–water partition coefficient (Wildman–Crippen LogP) is 3.19. The normalized spacial score (nSPS) is 12.8. The Morgan fingerprint density at radius 2 is 1.75 bits per heavy atom. The second-order valence-corrected chi connectivity index (χ2v) is 4.10. The summed E-state index contributed by atoms with van der Waals surface area (Å²) >= 11 is 0. The molecule has 2 heteroatoms. The molecule has 0 aromatic rings. The zero-order chi connectivity index (χ0) is 13.3. The average molecular weight is 224 g/mol. The van der Waals surface area contributed by atoms with Crippen molar-refractivity contribution in [3.63, 3.8) is 0 Å². The van der Waals surface area contributed by atoms with Crippen LogP contribution in [0.5, 0.6) is 0 Å². The molecule has 0 aromatic carbocycles. The second-order valence-electron chi connectivity index (χ2n) is 4.10. The number of nitrogens with two attached hydrogens (primary N) is 1. The molecule has 0 saturated carbocycles. The Morgan fingerprint density at radius 3 is 2.06 bits per heavy atom. The molecular weight excluding hydrogens is 196 g/mol.